The van der Waals surface area contributed by atoms with E-state index in [-0.39, 0.29) is 12.6 Å². The summed E-state index contributed by atoms with van der Waals surface area (Å²) in [5.74, 6) is 0.813. The van der Waals surface area contributed by atoms with Crippen LogP contribution in [0.2, 0.25) is 0 Å². The fourth-order valence-corrected chi connectivity index (χ4v) is 2.33. The summed E-state index contributed by atoms with van der Waals surface area (Å²) in [5, 5.41) is 15.9. The molecule has 24 heavy (non-hydrogen) atoms. The molecule has 1 atom stereocenters. The van der Waals surface area contributed by atoms with Crippen molar-refractivity contribution in [3.05, 3.63) is 65.7 Å². The Morgan fingerprint density at radius 1 is 1.08 bits per heavy atom. The maximum atomic E-state index is 11.9. The fourth-order valence-electron chi connectivity index (χ4n) is 2.33. The summed E-state index contributed by atoms with van der Waals surface area (Å²) in [6.45, 7) is 2.34. The lowest BCUT2D eigenvalue weighted by Gasteiger charge is -2.24. The van der Waals surface area contributed by atoms with Gasteiger partial charge in [-0.25, -0.2) is 4.79 Å². The molecular formula is C19H24N2O3. The van der Waals surface area contributed by atoms with E-state index in [0.717, 1.165) is 23.3 Å². The van der Waals surface area contributed by atoms with Crippen LogP contribution in [0.5, 0.6) is 5.75 Å². The number of ether oxygens (including phenoxy) is 1. The van der Waals surface area contributed by atoms with E-state index in [1.165, 1.54) is 0 Å². The predicted octanol–water partition coefficient (Wildman–Crippen LogP) is 2.44. The standard InChI is InChI=1S/C19H24N2O3/c1-19(23,16-6-4-3-5-7-16)14-21-18(22)20-13-12-15-8-10-17(24-2)11-9-15/h3-11,23H,12-14H2,1-2H3,(H2,20,21,22). The predicted molar refractivity (Wildman–Crippen MR) is 94.1 cm³/mol. The molecule has 2 amide bonds. The van der Waals surface area contributed by atoms with Crippen molar-refractivity contribution in [2.75, 3.05) is 20.2 Å². The number of rotatable bonds is 7. The first-order valence-corrected chi connectivity index (χ1v) is 7.94. The molecule has 1 unspecified atom stereocenters. The zero-order chi connectivity index (χ0) is 17.4. The van der Waals surface area contributed by atoms with Gasteiger partial charge in [0.1, 0.15) is 11.4 Å². The third-order valence-electron chi connectivity index (χ3n) is 3.85. The lowest BCUT2D eigenvalue weighted by atomic mass is 9.96. The third-order valence-corrected chi connectivity index (χ3v) is 3.85. The monoisotopic (exact) mass is 328 g/mol. The minimum absolute atomic E-state index is 0.144. The Hall–Kier alpha value is -2.53. The molecule has 0 saturated carbocycles. The highest BCUT2D eigenvalue weighted by Crippen LogP contribution is 2.18. The smallest absolute Gasteiger partial charge is 0.314 e. The summed E-state index contributed by atoms with van der Waals surface area (Å²) < 4.78 is 5.11. The summed E-state index contributed by atoms with van der Waals surface area (Å²) in [6.07, 6.45) is 0.729. The second-order valence-electron chi connectivity index (χ2n) is 5.85. The average molecular weight is 328 g/mol. The normalized spacial score (nSPS) is 13.0. The molecule has 0 spiro atoms. The molecule has 0 aliphatic rings. The number of hydrogen-bond acceptors (Lipinski definition) is 3. The minimum atomic E-state index is -1.10. The highest BCUT2D eigenvalue weighted by molar-refractivity contribution is 5.73. The van der Waals surface area contributed by atoms with Crippen LogP contribution >= 0.6 is 0 Å². The van der Waals surface area contributed by atoms with E-state index in [2.05, 4.69) is 10.6 Å². The van der Waals surface area contributed by atoms with E-state index in [0.29, 0.717) is 6.54 Å². The average Bonchev–Trinajstić information content (AvgIpc) is 2.61. The minimum Gasteiger partial charge on any atom is -0.497 e. The van der Waals surface area contributed by atoms with Gasteiger partial charge in [-0.05, 0) is 36.6 Å². The van der Waals surface area contributed by atoms with Gasteiger partial charge in [0.05, 0.1) is 13.7 Å². The quantitative estimate of drug-likeness (QED) is 0.731. The van der Waals surface area contributed by atoms with Crippen LogP contribution in [0.25, 0.3) is 0 Å². The molecule has 0 radical (unpaired) electrons. The number of urea groups is 1. The summed E-state index contributed by atoms with van der Waals surface area (Å²) in [4.78, 5) is 11.9. The van der Waals surface area contributed by atoms with Crippen LogP contribution in [0.4, 0.5) is 4.79 Å². The third kappa shape index (κ3) is 5.28. The van der Waals surface area contributed by atoms with Crippen molar-refractivity contribution in [2.24, 2.45) is 0 Å². The van der Waals surface area contributed by atoms with E-state index < -0.39 is 5.60 Å². The fraction of sp³-hybridized carbons (Fsp3) is 0.316. The van der Waals surface area contributed by atoms with Crippen LogP contribution in [0.15, 0.2) is 54.6 Å². The number of hydrogen-bond donors (Lipinski definition) is 3. The van der Waals surface area contributed by atoms with Crippen LogP contribution in [-0.4, -0.2) is 31.3 Å². The first-order chi connectivity index (χ1) is 11.5. The molecule has 128 valence electrons. The van der Waals surface area contributed by atoms with Crippen molar-refractivity contribution in [3.8, 4) is 5.75 Å². The van der Waals surface area contributed by atoms with Crippen molar-refractivity contribution in [2.45, 2.75) is 18.9 Å². The largest absolute Gasteiger partial charge is 0.497 e. The van der Waals surface area contributed by atoms with Gasteiger partial charge < -0.3 is 20.5 Å². The van der Waals surface area contributed by atoms with Crippen LogP contribution in [0.1, 0.15) is 18.1 Å². The lowest BCUT2D eigenvalue weighted by Crippen LogP contribution is -2.43. The van der Waals surface area contributed by atoms with E-state index in [1.54, 1.807) is 14.0 Å². The molecule has 2 rings (SSSR count). The number of carbonyl (C=O) groups excluding carboxylic acids is 1. The zero-order valence-electron chi connectivity index (χ0n) is 14.1. The van der Waals surface area contributed by atoms with Gasteiger partial charge >= 0.3 is 6.03 Å². The molecule has 2 aromatic carbocycles. The molecule has 3 N–H and O–H groups in total. The Morgan fingerprint density at radius 2 is 1.75 bits per heavy atom. The summed E-state index contributed by atoms with van der Waals surface area (Å²) in [6, 6.07) is 16.7. The first-order valence-electron chi connectivity index (χ1n) is 7.94. The maximum Gasteiger partial charge on any atom is 0.314 e. The van der Waals surface area contributed by atoms with E-state index in [1.807, 2.05) is 54.6 Å². The van der Waals surface area contributed by atoms with Crippen molar-refractivity contribution >= 4 is 6.03 Å². The van der Waals surface area contributed by atoms with Gasteiger partial charge in [-0.15, -0.1) is 0 Å². The lowest BCUT2D eigenvalue weighted by molar-refractivity contribution is 0.0594. The molecule has 5 nitrogen and oxygen atoms in total. The Balaban J connectivity index is 1.73. The number of aliphatic hydroxyl groups is 1. The van der Waals surface area contributed by atoms with Gasteiger partial charge in [0.15, 0.2) is 0 Å². The topological polar surface area (TPSA) is 70.6 Å². The van der Waals surface area contributed by atoms with Crippen molar-refractivity contribution in [3.63, 3.8) is 0 Å². The van der Waals surface area contributed by atoms with Gasteiger partial charge in [-0.2, -0.15) is 0 Å². The molecule has 2 aromatic rings. The second-order valence-corrected chi connectivity index (χ2v) is 5.85. The Kier molecular flexibility index (Phi) is 6.21. The van der Waals surface area contributed by atoms with Crippen molar-refractivity contribution in [1.29, 1.82) is 0 Å². The molecule has 0 bridgehead atoms. The molecule has 0 heterocycles. The van der Waals surface area contributed by atoms with Gasteiger partial charge in [-0.1, -0.05) is 42.5 Å². The molecule has 5 heteroatoms. The van der Waals surface area contributed by atoms with E-state index in [4.69, 9.17) is 4.74 Å². The maximum absolute atomic E-state index is 11.9. The van der Waals surface area contributed by atoms with Crippen LogP contribution in [0, 0.1) is 0 Å². The van der Waals surface area contributed by atoms with Crippen LogP contribution < -0.4 is 15.4 Å². The number of amides is 2. The number of carbonyl (C=O) groups is 1. The molecular weight excluding hydrogens is 304 g/mol. The zero-order valence-corrected chi connectivity index (χ0v) is 14.1. The summed E-state index contributed by atoms with van der Waals surface area (Å²) in [5.41, 5.74) is 0.783. The SMILES string of the molecule is COc1ccc(CCNC(=O)NCC(C)(O)c2ccccc2)cc1. The Labute approximate surface area is 142 Å². The number of nitrogens with one attached hydrogen (secondary N) is 2. The molecule has 0 aliphatic carbocycles. The highest BCUT2D eigenvalue weighted by Gasteiger charge is 2.23. The summed E-state index contributed by atoms with van der Waals surface area (Å²) in [7, 11) is 1.63. The van der Waals surface area contributed by atoms with Crippen LogP contribution in [-0.2, 0) is 12.0 Å². The van der Waals surface area contributed by atoms with Gasteiger partial charge in [0.25, 0.3) is 0 Å². The summed E-state index contributed by atoms with van der Waals surface area (Å²) >= 11 is 0. The number of benzene rings is 2. The van der Waals surface area contributed by atoms with Crippen molar-refractivity contribution < 1.29 is 14.6 Å². The molecule has 0 saturated heterocycles. The van der Waals surface area contributed by atoms with Crippen molar-refractivity contribution in [1.82, 2.24) is 10.6 Å². The first kappa shape index (κ1) is 17.8. The van der Waals surface area contributed by atoms with Crippen LogP contribution in [0.3, 0.4) is 0 Å². The number of methoxy groups -OCH3 is 1. The van der Waals surface area contributed by atoms with Gasteiger partial charge in [-0.3, -0.25) is 0 Å². The van der Waals surface area contributed by atoms with E-state index in [9.17, 15) is 9.90 Å². The molecule has 0 aliphatic heterocycles. The Bertz CT molecular complexity index is 639. The second kappa shape index (κ2) is 8.36. The van der Waals surface area contributed by atoms with E-state index >= 15 is 0 Å². The van der Waals surface area contributed by atoms with Gasteiger partial charge in [0.2, 0.25) is 0 Å². The Morgan fingerprint density at radius 3 is 2.38 bits per heavy atom. The molecule has 0 aromatic heterocycles. The van der Waals surface area contributed by atoms with Gasteiger partial charge in [0, 0.05) is 6.54 Å². The molecule has 0 fully saturated rings. The highest BCUT2D eigenvalue weighted by atomic mass is 16.5.